The molecule has 1 N–H and O–H groups in total. The summed E-state index contributed by atoms with van der Waals surface area (Å²) in [6, 6.07) is 3.76. The summed E-state index contributed by atoms with van der Waals surface area (Å²) in [4.78, 5) is 13.2. The Hall–Kier alpha value is -2.21. The summed E-state index contributed by atoms with van der Waals surface area (Å²) in [6.07, 6.45) is 3.36. The van der Waals surface area contributed by atoms with Crippen LogP contribution in [0.2, 0.25) is 0 Å². The number of hydrogen-bond acceptors (Lipinski definition) is 6. The van der Waals surface area contributed by atoms with Crippen LogP contribution < -0.4 is 14.8 Å². The minimum Gasteiger partial charge on any atom is -0.480 e. The molecule has 1 unspecified atom stereocenters. The maximum absolute atomic E-state index is 5.36. The van der Waals surface area contributed by atoms with Crippen molar-refractivity contribution in [3.05, 3.63) is 41.5 Å². The lowest BCUT2D eigenvalue weighted by Crippen LogP contribution is -2.25. The van der Waals surface area contributed by atoms with Gasteiger partial charge in [0.05, 0.1) is 32.2 Å². The van der Waals surface area contributed by atoms with Crippen molar-refractivity contribution >= 4 is 0 Å². The number of pyridine rings is 1. The third kappa shape index (κ3) is 3.28. The Kier molecular flexibility index (Phi) is 5.05. The van der Waals surface area contributed by atoms with E-state index in [0.717, 1.165) is 17.8 Å². The van der Waals surface area contributed by atoms with Crippen LogP contribution in [-0.2, 0) is 0 Å². The average molecular weight is 288 g/mol. The minimum atomic E-state index is -0.176. The third-order valence-corrected chi connectivity index (χ3v) is 3.15. The normalized spacial score (nSPS) is 12.0. The summed E-state index contributed by atoms with van der Waals surface area (Å²) in [5, 5.41) is 3.38. The Morgan fingerprint density at radius 2 is 2.00 bits per heavy atom. The lowest BCUT2D eigenvalue weighted by Gasteiger charge is -2.20. The van der Waals surface area contributed by atoms with E-state index < -0.39 is 0 Å². The van der Waals surface area contributed by atoms with Crippen molar-refractivity contribution in [3.63, 3.8) is 0 Å². The van der Waals surface area contributed by atoms with E-state index in [-0.39, 0.29) is 6.04 Å². The molecule has 0 aliphatic carbocycles. The van der Waals surface area contributed by atoms with Crippen LogP contribution in [0.1, 0.15) is 29.9 Å². The molecule has 6 heteroatoms. The van der Waals surface area contributed by atoms with E-state index in [1.54, 1.807) is 26.6 Å². The number of aromatic nitrogens is 3. The highest BCUT2D eigenvalue weighted by atomic mass is 16.5. The van der Waals surface area contributed by atoms with Crippen LogP contribution >= 0.6 is 0 Å². The molecule has 6 nitrogen and oxygen atoms in total. The van der Waals surface area contributed by atoms with E-state index in [1.807, 2.05) is 26.0 Å². The summed E-state index contributed by atoms with van der Waals surface area (Å²) in [6.45, 7) is 4.84. The molecule has 0 aromatic carbocycles. The van der Waals surface area contributed by atoms with Gasteiger partial charge in [0.2, 0.25) is 11.8 Å². The van der Waals surface area contributed by atoms with E-state index in [2.05, 4.69) is 20.3 Å². The summed E-state index contributed by atoms with van der Waals surface area (Å²) in [7, 11) is 3.12. The fraction of sp³-hybridized carbons (Fsp3) is 0.400. The van der Waals surface area contributed by atoms with E-state index in [1.165, 1.54) is 0 Å². The first-order valence-electron chi connectivity index (χ1n) is 6.81. The lowest BCUT2D eigenvalue weighted by atomic mass is 10.0. The van der Waals surface area contributed by atoms with Crippen LogP contribution in [0.25, 0.3) is 0 Å². The molecule has 0 bridgehead atoms. The number of methoxy groups -OCH3 is 2. The van der Waals surface area contributed by atoms with Crippen molar-refractivity contribution in [2.24, 2.45) is 0 Å². The zero-order valence-electron chi connectivity index (χ0n) is 12.8. The fourth-order valence-electron chi connectivity index (χ4n) is 2.14. The summed E-state index contributed by atoms with van der Waals surface area (Å²) in [5.41, 5.74) is 2.70. The van der Waals surface area contributed by atoms with Crippen LogP contribution in [-0.4, -0.2) is 35.7 Å². The zero-order chi connectivity index (χ0) is 15.2. The van der Waals surface area contributed by atoms with Gasteiger partial charge in [-0.1, -0.05) is 13.0 Å². The second kappa shape index (κ2) is 6.99. The maximum Gasteiger partial charge on any atom is 0.240 e. The van der Waals surface area contributed by atoms with E-state index >= 15 is 0 Å². The second-order valence-corrected chi connectivity index (χ2v) is 4.50. The Morgan fingerprint density at radius 1 is 1.19 bits per heavy atom. The smallest absolute Gasteiger partial charge is 0.240 e. The van der Waals surface area contributed by atoms with Crippen LogP contribution in [0.3, 0.4) is 0 Å². The Bertz CT molecular complexity index is 604. The predicted molar refractivity (Wildman–Crippen MR) is 79.6 cm³/mol. The number of nitrogens with one attached hydrogen (secondary N) is 1. The third-order valence-electron chi connectivity index (χ3n) is 3.15. The molecule has 0 spiro atoms. The molecule has 1 atom stereocenters. The summed E-state index contributed by atoms with van der Waals surface area (Å²) in [5.74, 6) is 0.856. The predicted octanol–water partition coefficient (Wildman–Crippen LogP) is 1.90. The highest BCUT2D eigenvalue weighted by molar-refractivity contribution is 5.34. The Morgan fingerprint density at radius 3 is 2.62 bits per heavy atom. The molecule has 2 aromatic rings. The van der Waals surface area contributed by atoms with Gasteiger partial charge in [0.15, 0.2) is 0 Å². The summed E-state index contributed by atoms with van der Waals surface area (Å²) < 4.78 is 10.4. The monoisotopic (exact) mass is 288 g/mol. The van der Waals surface area contributed by atoms with Crippen molar-refractivity contribution in [3.8, 4) is 11.8 Å². The van der Waals surface area contributed by atoms with Crippen LogP contribution in [0.4, 0.5) is 0 Å². The Labute approximate surface area is 124 Å². The lowest BCUT2D eigenvalue weighted by molar-refractivity contribution is 0.352. The molecular formula is C15H20N4O2. The molecule has 0 saturated carbocycles. The van der Waals surface area contributed by atoms with Crippen molar-refractivity contribution in [1.82, 2.24) is 20.3 Å². The number of ether oxygens (including phenoxy) is 2. The number of hydrogen-bond donors (Lipinski definition) is 1. The molecule has 2 heterocycles. The maximum atomic E-state index is 5.36. The molecule has 2 rings (SSSR count). The van der Waals surface area contributed by atoms with Crippen molar-refractivity contribution in [2.75, 3.05) is 20.8 Å². The topological polar surface area (TPSA) is 69.2 Å². The van der Waals surface area contributed by atoms with Crippen molar-refractivity contribution in [2.45, 2.75) is 19.9 Å². The van der Waals surface area contributed by atoms with E-state index in [9.17, 15) is 0 Å². The highest BCUT2D eigenvalue weighted by Crippen LogP contribution is 2.28. The Balaban J connectivity index is 2.50. The second-order valence-electron chi connectivity index (χ2n) is 4.50. The molecule has 112 valence electrons. The molecule has 0 aliphatic rings. The minimum absolute atomic E-state index is 0.176. The van der Waals surface area contributed by atoms with Gasteiger partial charge >= 0.3 is 0 Å². The average Bonchev–Trinajstić information content (AvgIpc) is 2.53. The highest BCUT2D eigenvalue weighted by Gasteiger charge is 2.23. The molecular weight excluding hydrogens is 268 g/mol. The van der Waals surface area contributed by atoms with Gasteiger partial charge in [-0.05, 0) is 25.1 Å². The largest absolute Gasteiger partial charge is 0.480 e. The van der Waals surface area contributed by atoms with Gasteiger partial charge in [0.1, 0.15) is 5.69 Å². The molecule has 0 radical (unpaired) electrons. The number of nitrogens with zero attached hydrogens (tertiary/aromatic N) is 3. The number of rotatable bonds is 6. The van der Waals surface area contributed by atoms with Gasteiger partial charge in [-0.25, -0.2) is 4.98 Å². The molecule has 0 saturated heterocycles. The van der Waals surface area contributed by atoms with E-state index in [0.29, 0.717) is 17.5 Å². The van der Waals surface area contributed by atoms with E-state index in [4.69, 9.17) is 9.47 Å². The first-order chi connectivity index (χ1) is 10.2. The van der Waals surface area contributed by atoms with Gasteiger partial charge in [-0.15, -0.1) is 0 Å². The van der Waals surface area contributed by atoms with Gasteiger partial charge in [0, 0.05) is 6.20 Å². The summed E-state index contributed by atoms with van der Waals surface area (Å²) >= 11 is 0. The number of aryl methyl sites for hydroxylation is 1. The van der Waals surface area contributed by atoms with Gasteiger partial charge in [0.25, 0.3) is 0 Å². The van der Waals surface area contributed by atoms with Gasteiger partial charge in [-0.2, -0.15) is 4.98 Å². The molecule has 0 fully saturated rings. The first-order valence-corrected chi connectivity index (χ1v) is 6.81. The van der Waals surface area contributed by atoms with Crippen molar-refractivity contribution < 1.29 is 9.47 Å². The standard InChI is InChI=1S/C15H20N4O2/c1-5-16-13(12-10(2)7-6-8-17-12)14-15(21-4)19-11(20-3)9-18-14/h6-9,13,16H,5H2,1-4H3. The molecule has 2 aromatic heterocycles. The van der Waals surface area contributed by atoms with Crippen LogP contribution in [0, 0.1) is 6.92 Å². The van der Waals surface area contributed by atoms with Crippen molar-refractivity contribution in [1.29, 1.82) is 0 Å². The molecule has 0 amide bonds. The van der Waals surface area contributed by atoms with Crippen LogP contribution in [0.15, 0.2) is 24.5 Å². The van der Waals surface area contributed by atoms with Gasteiger partial charge < -0.3 is 14.8 Å². The quantitative estimate of drug-likeness (QED) is 0.875. The van der Waals surface area contributed by atoms with Crippen LogP contribution in [0.5, 0.6) is 11.8 Å². The fourth-order valence-corrected chi connectivity index (χ4v) is 2.14. The first kappa shape index (κ1) is 15.2. The van der Waals surface area contributed by atoms with Gasteiger partial charge in [-0.3, -0.25) is 4.98 Å². The SMILES string of the molecule is CCNC(c1ncccc1C)c1ncc(OC)nc1OC. The zero-order valence-corrected chi connectivity index (χ0v) is 12.8. The molecule has 21 heavy (non-hydrogen) atoms. The molecule has 0 aliphatic heterocycles.